The van der Waals surface area contributed by atoms with Gasteiger partial charge in [0.15, 0.2) is 12.6 Å². The Labute approximate surface area is 271 Å². The van der Waals surface area contributed by atoms with E-state index in [0.29, 0.717) is 6.42 Å². The maximum atomic E-state index is 11.0. The molecule has 46 heavy (non-hydrogen) atoms. The van der Waals surface area contributed by atoms with Crippen LogP contribution in [0.4, 0.5) is 0 Å². The first-order valence-corrected chi connectivity index (χ1v) is 16.7. The number of aliphatic carboxylic acids is 1. The van der Waals surface area contributed by atoms with E-state index in [0.717, 1.165) is 12.8 Å². The van der Waals surface area contributed by atoms with E-state index in [9.17, 15) is 30.3 Å². The molecule has 3 aliphatic rings. The fourth-order valence-corrected chi connectivity index (χ4v) is 6.01. The summed E-state index contributed by atoms with van der Waals surface area (Å²) in [5.74, 6) is -0.659. The molecule has 0 bridgehead atoms. The number of hydrogen-bond acceptors (Lipinski definition) is 15. The standard InChI is InChI=1S/C18H37N5O9.C12H24O2/c19-3-9-8(25)2-7(22)17(29-9)31-15-5(20)1-6(21)16(14(15)28)32-18-13(27)11(23)12(26)10(4-24)30-18;1-2-3-4-5-6-7-8-9-10-11-12(13)14/h5-18,24-28H,1-4,19-23H2;2-11H2,1H3,(H,13,14)/t5-,6+,7+,8-,9+,10+,11-,12+,13+,14-,15+,16?,17+,18+;/m0./s1. The van der Waals surface area contributed by atoms with Crippen molar-refractivity contribution in [1.82, 2.24) is 0 Å². The second-order valence-electron chi connectivity index (χ2n) is 12.8. The van der Waals surface area contributed by atoms with Crippen LogP contribution in [0.15, 0.2) is 0 Å². The maximum Gasteiger partial charge on any atom is 0.303 e. The van der Waals surface area contributed by atoms with Crippen LogP contribution in [0.1, 0.15) is 84.0 Å². The van der Waals surface area contributed by atoms with Gasteiger partial charge in [-0.1, -0.05) is 58.3 Å². The Morgan fingerprint density at radius 2 is 1.24 bits per heavy atom. The maximum absolute atomic E-state index is 11.0. The third kappa shape index (κ3) is 12.4. The smallest absolute Gasteiger partial charge is 0.303 e. The molecule has 0 amide bonds. The van der Waals surface area contributed by atoms with Crippen LogP contribution in [0.5, 0.6) is 0 Å². The minimum absolute atomic E-state index is 0.0542. The highest BCUT2D eigenvalue weighted by Crippen LogP contribution is 2.30. The molecule has 0 aromatic heterocycles. The van der Waals surface area contributed by atoms with Gasteiger partial charge in [0, 0.05) is 25.0 Å². The lowest BCUT2D eigenvalue weighted by atomic mass is 9.84. The van der Waals surface area contributed by atoms with E-state index in [-0.39, 0.29) is 19.4 Å². The van der Waals surface area contributed by atoms with Crippen LogP contribution in [0.2, 0.25) is 0 Å². The molecule has 0 spiro atoms. The number of ether oxygens (including phenoxy) is 4. The van der Waals surface area contributed by atoms with Crippen molar-refractivity contribution in [2.24, 2.45) is 28.7 Å². The van der Waals surface area contributed by atoms with E-state index in [4.69, 9.17) is 52.7 Å². The van der Waals surface area contributed by atoms with Gasteiger partial charge in [-0.25, -0.2) is 0 Å². The van der Waals surface area contributed by atoms with Crippen molar-refractivity contribution in [1.29, 1.82) is 0 Å². The van der Waals surface area contributed by atoms with Gasteiger partial charge in [-0.3, -0.25) is 4.79 Å². The van der Waals surface area contributed by atoms with E-state index < -0.39 is 98.2 Å². The predicted octanol–water partition coefficient (Wildman–Crippen LogP) is -2.30. The molecular formula is C30H61N5O11. The van der Waals surface area contributed by atoms with Crippen molar-refractivity contribution in [2.75, 3.05) is 13.2 Å². The van der Waals surface area contributed by atoms with Gasteiger partial charge in [0.25, 0.3) is 0 Å². The number of hydrogen-bond donors (Lipinski definition) is 11. The molecular weight excluding hydrogens is 606 g/mol. The molecule has 0 aromatic rings. The lowest BCUT2D eigenvalue weighted by Gasteiger charge is -2.47. The SMILES string of the molecule is CCCCCCCCCCCC(=O)O.NC[C@H]1O[C@H](O[C@H]2[C@H](O)C(O[C@H]3O[C@H](CO)[C@@H](O)[C@H](N)[C@H]3O)[C@H](N)C[C@@H]2N)[C@H](N)C[C@@H]1O. The lowest BCUT2D eigenvalue weighted by Crippen LogP contribution is -2.68. The van der Waals surface area contributed by atoms with Gasteiger partial charge in [-0.2, -0.15) is 0 Å². The number of aliphatic hydroxyl groups is 5. The molecule has 2 heterocycles. The van der Waals surface area contributed by atoms with E-state index >= 15 is 0 Å². The van der Waals surface area contributed by atoms with E-state index in [1.54, 1.807) is 0 Å². The highest BCUT2D eigenvalue weighted by atomic mass is 16.7. The quantitative estimate of drug-likeness (QED) is 0.0771. The summed E-state index contributed by atoms with van der Waals surface area (Å²) >= 11 is 0. The summed E-state index contributed by atoms with van der Waals surface area (Å²) in [6, 6.07) is -3.27. The molecule has 16 heteroatoms. The first-order valence-electron chi connectivity index (χ1n) is 16.7. The number of carboxylic acid groups (broad SMARTS) is 1. The Kier molecular flexibility index (Phi) is 18.8. The number of aliphatic hydroxyl groups excluding tert-OH is 5. The van der Waals surface area contributed by atoms with Gasteiger partial charge in [0.2, 0.25) is 0 Å². The topological polar surface area (TPSA) is 305 Å². The highest BCUT2D eigenvalue weighted by molar-refractivity contribution is 5.66. The van der Waals surface area contributed by atoms with Gasteiger partial charge in [-0.05, 0) is 19.3 Å². The average molecular weight is 668 g/mol. The molecule has 16 nitrogen and oxygen atoms in total. The van der Waals surface area contributed by atoms with Crippen LogP contribution in [0.3, 0.4) is 0 Å². The Bertz CT molecular complexity index is 849. The Balaban J connectivity index is 0.000000444. The molecule has 3 fully saturated rings. The summed E-state index contributed by atoms with van der Waals surface area (Å²) in [6.45, 7) is 1.73. The molecule has 1 saturated carbocycles. The number of carbonyl (C=O) groups is 1. The zero-order valence-corrected chi connectivity index (χ0v) is 27.1. The van der Waals surface area contributed by atoms with Crippen molar-refractivity contribution in [3.05, 3.63) is 0 Å². The van der Waals surface area contributed by atoms with Crippen LogP contribution in [-0.2, 0) is 23.7 Å². The second kappa shape index (κ2) is 21.1. The monoisotopic (exact) mass is 667 g/mol. The fourth-order valence-electron chi connectivity index (χ4n) is 6.01. The fraction of sp³-hybridized carbons (Fsp3) is 0.967. The van der Waals surface area contributed by atoms with Crippen molar-refractivity contribution >= 4 is 5.97 Å². The van der Waals surface area contributed by atoms with Crippen molar-refractivity contribution < 1.29 is 54.4 Å². The third-order valence-electron chi connectivity index (χ3n) is 8.91. The summed E-state index contributed by atoms with van der Waals surface area (Å²) in [5, 5.41) is 59.1. The van der Waals surface area contributed by atoms with Crippen molar-refractivity contribution in [3.63, 3.8) is 0 Å². The van der Waals surface area contributed by atoms with Crippen LogP contribution in [0.25, 0.3) is 0 Å². The van der Waals surface area contributed by atoms with E-state index in [1.807, 2.05) is 0 Å². The predicted molar refractivity (Wildman–Crippen MR) is 168 cm³/mol. The molecule has 1 unspecified atom stereocenters. The number of rotatable bonds is 16. The normalized spacial score (nSPS) is 39.8. The summed E-state index contributed by atoms with van der Waals surface area (Å²) in [5.41, 5.74) is 29.8. The Morgan fingerprint density at radius 1 is 0.717 bits per heavy atom. The molecule has 272 valence electrons. The largest absolute Gasteiger partial charge is 0.481 e. The molecule has 0 radical (unpaired) electrons. The zero-order chi connectivity index (χ0) is 34.4. The average Bonchev–Trinajstić information content (AvgIpc) is 3.01. The third-order valence-corrected chi connectivity index (χ3v) is 8.91. The number of nitrogens with two attached hydrogens (primary N) is 5. The van der Waals surface area contributed by atoms with Crippen LogP contribution >= 0.6 is 0 Å². The Morgan fingerprint density at radius 3 is 1.76 bits per heavy atom. The summed E-state index contributed by atoms with van der Waals surface area (Å²) < 4.78 is 22.7. The molecule has 2 aliphatic heterocycles. The lowest BCUT2D eigenvalue weighted by molar-refractivity contribution is -0.314. The molecule has 1 aliphatic carbocycles. The van der Waals surface area contributed by atoms with Crippen molar-refractivity contribution in [2.45, 2.75) is 170 Å². The highest BCUT2D eigenvalue weighted by Gasteiger charge is 2.50. The molecule has 14 atom stereocenters. The van der Waals surface area contributed by atoms with Gasteiger partial charge in [0.05, 0.1) is 30.9 Å². The zero-order valence-electron chi connectivity index (χ0n) is 27.1. The second-order valence-corrected chi connectivity index (χ2v) is 12.8. The van der Waals surface area contributed by atoms with Crippen LogP contribution in [0, 0.1) is 0 Å². The van der Waals surface area contributed by atoms with E-state index in [2.05, 4.69) is 6.92 Å². The Hall–Kier alpha value is -1.09. The van der Waals surface area contributed by atoms with Crippen LogP contribution < -0.4 is 28.7 Å². The molecule has 0 aromatic carbocycles. The number of carboxylic acids is 1. The molecule has 16 N–H and O–H groups in total. The van der Waals surface area contributed by atoms with E-state index in [1.165, 1.54) is 44.9 Å². The van der Waals surface area contributed by atoms with Gasteiger partial charge in [-0.15, -0.1) is 0 Å². The first-order chi connectivity index (χ1) is 21.9. The summed E-state index contributed by atoms with van der Waals surface area (Å²) in [7, 11) is 0. The van der Waals surface area contributed by atoms with Crippen molar-refractivity contribution in [3.8, 4) is 0 Å². The van der Waals surface area contributed by atoms with Gasteiger partial charge < -0.3 is 78.3 Å². The van der Waals surface area contributed by atoms with Gasteiger partial charge in [0.1, 0.15) is 36.6 Å². The van der Waals surface area contributed by atoms with Gasteiger partial charge >= 0.3 is 5.97 Å². The molecule has 3 rings (SSSR count). The molecule has 2 saturated heterocycles. The minimum atomic E-state index is -1.44. The number of unbranched alkanes of at least 4 members (excludes halogenated alkanes) is 8. The summed E-state index contributed by atoms with van der Waals surface area (Å²) in [6.07, 6.45) is 0.714. The minimum Gasteiger partial charge on any atom is -0.481 e. The van der Waals surface area contributed by atoms with Crippen LogP contribution in [-0.4, -0.2) is 135 Å². The summed E-state index contributed by atoms with van der Waals surface area (Å²) in [4.78, 5) is 10.2. The first kappa shape index (κ1) is 41.1.